The van der Waals surface area contributed by atoms with Gasteiger partial charge in [-0.2, -0.15) is 0 Å². The van der Waals surface area contributed by atoms with Gasteiger partial charge in [0.2, 0.25) is 11.8 Å². The van der Waals surface area contributed by atoms with Crippen molar-refractivity contribution < 1.29 is 14.1 Å². The van der Waals surface area contributed by atoms with Gasteiger partial charge < -0.3 is 9.73 Å². The fraction of sp³-hybridized carbons (Fsp3) is 0.118. The number of nitrogens with zero attached hydrogens (tertiary/aromatic N) is 3. The third-order valence-electron chi connectivity index (χ3n) is 3.48. The molecule has 0 radical (unpaired) electrons. The summed E-state index contributed by atoms with van der Waals surface area (Å²) < 4.78 is 6.43. The molecule has 0 saturated heterocycles. The van der Waals surface area contributed by atoms with Gasteiger partial charge in [-0.25, -0.2) is 0 Å². The van der Waals surface area contributed by atoms with Gasteiger partial charge in [0.25, 0.3) is 10.9 Å². The van der Waals surface area contributed by atoms with Crippen LogP contribution in [0, 0.1) is 10.1 Å². The monoisotopic (exact) mass is 448 g/mol. The molecule has 1 aromatic heterocycles. The minimum atomic E-state index is -0.545. The lowest BCUT2D eigenvalue weighted by atomic mass is 10.2. The summed E-state index contributed by atoms with van der Waals surface area (Å²) >= 11 is 4.52. The predicted molar refractivity (Wildman–Crippen MR) is 104 cm³/mol. The Balaban J connectivity index is 1.66. The maximum Gasteiger partial charge on any atom is 0.277 e. The number of nitro benzene ring substituents is 1. The Labute approximate surface area is 166 Å². The van der Waals surface area contributed by atoms with Crippen molar-refractivity contribution in [2.45, 2.75) is 17.4 Å². The highest BCUT2D eigenvalue weighted by Crippen LogP contribution is 2.30. The van der Waals surface area contributed by atoms with Crippen LogP contribution in [-0.4, -0.2) is 26.3 Å². The van der Waals surface area contributed by atoms with Gasteiger partial charge in [-0.1, -0.05) is 30.0 Å². The predicted octanol–water partition coefficient (Wildman–Crippen LogP) is 4.53. The molecule has 3 aromatic rings. The Morgan fingerprint density at radius 3 is 2.78 bits per heavy atom. The Bertz CT molecular complexity index is 994. The number of amides is 1. The van der Waals surface area contributed by atoms with E-state index >= 15 is 0 Å². The zero-order chi connectivity index (χ0) is 19.4. The van der Waals surface area contributed by atoms with Crippen molar-refractivity contribution in [3.8, 4) is 11.5 Å². The van der Waals surface area contributed by atoms with Crippen LogP contribution in [0.25, 0.3) is 11.5 Å². The summed E-state index contributed by atoms with van der Waals surface area (Å²) in [5.41, 5.74) is 1.01. The summed E-state index contributed by atoms with van der Waals surface area (Å²) in [7, 11) is 0. The van der Waals surface area contributed by atoms with Gasteiger partial charge in [0, 0.05) is 22.3 Å². The molecule has 27 heavy (non-hydrogen) atoms. The molecule has 1 heterocycles. The minimum absolute atomic E-state index is 0.0944. The van der Waals surface area contributed by atoms with Crippen LogP contribution in [0.1, 0.15) is 6.92 Å². The zero-order valence-electron chi connectivity index (χ0n) is 14.0. The van der Waals surface area contributed by atoms with Gasteiger partial charge in [-0.05, 0) is 41.1 Å². The number of carbonyl (C=O) groups is 1. The molecule has 2 aromatic carbocycles. The third kappa shape index (κ3) is 4.72. The van der Waals surface area contributed by atoms with E-state index in [0.717, 1.165) is 21.8 Å². The number of rotatable bonds is 6. The first kappa shape index (κ1) is 19.1. The lowest BCUT2D eigenvalue weighted by molar-refractivity contribution is -0.384. The van der Waals surface area contributed by atoms with Crippen LogP contribution in [-0.2, 0) is 4.79 Å². The summed E-state index contributed by atoms with van der Waals surface area (Å²) in [6.07, 6.45) is 0. The SMILES string of the molecule is CC(Sc1nnc(-c2ccccc2Br)o1)C(=O)Nc1cccc([N+](=O)[O-])c1. The third-order valence-corrected chi connectivity index (χ3v) is 5.11. The number of aromatic nitrogens is 2. The quantitative estimate of drug-likeness (QED) is 0.334. The largest absolute Gasteiger partial charge is 0.411 e. The van der Waals surface area contributed by atoms with Crippen LogP contribution >= 0.6 is 27.7 Å². The first-order valence-electron chi connectivity index (χ1n) is 7.74. The summed E-state index contributed by atoms with van der Waals surface area (Å²) in [5.74, 6) is 0.0115. The molecular weight excluding hydrogens is 436 g/mol. The molecule has 10 heteroatoms. The zero-order valence-corrected chi connectivity index (χ0v) is 16.4. The summed E-state index contributed by atoms with van der Waals surface area (Å²) in [6.45, 7) is 1.68. The van der Waals surface area contributed by atoms with Gasteiger partial charge >= 0.3 is 0 Å². The summed E-state index contributed by atoms with van der Waals surface area (Å²) in [4.78, 5) is 22.6. The lowest BCUT2D eigenvalue weighted by Gasteiger charge is -2.09. The van der Waals surface area contributed by atoms with E-state index in [2.05, 4.69) is 31.4 Å². The van der Waals surface area contributed by atoms with Crippen molar-refractivity contribution in [1.82, 2.24) is 10.2 Å². The van der Waals surface area contributed by atoms with Crippen molar-refractivity contribution >= 4 is 45.0 Å². The highest BCUT2D eigenvalue weighted by molar-refractivity contribution is 9.10. The van der Waals surface area contributed by atoms with E-state index in [0.29, 0.717) is 11.6 Å². The molecule has 1 N–H and O–H groups in total. The van der Waals surface area contributed by atoms with E-state index in [1.54, 1.807) is 13.0 Å². The average Bonchev–Trinajstić information content (AvgIpc) is 3.10. The molecule has 138 valence electrons. The van der Waals surface area contributed by atoms with Crippen LogP contribution in [0.4, 0.5) is 11.4 Å². The standard InChI is InChI=1S/C17H13BrN4O4S/c1-10(15(23)19-11-5-4-6-12(9-11)22(24)25)27-17-21-20-16(26-17)13-7-2-3-8-14(13)18/h2-10H,1H3,(H,19,23). The maximum atomic E-state index is 12.3. The topological polar surface area (TPSA) is 111 Å². The second kappa shape index (κ2) is 8.31. The molecule has 8 nitrogen and oxygen atoms in total. The van der Waals surface area contributed by atoms with Crippen LogP contribution in [0.5, 0.6) is 0 Å². The Hall–Kier alpha value is -2.72. The van der Waals surface area contributed by atoms with E-state index in [1.165, 1.54) is 18.2 Å². The Morgan fingerprint density at radius 1 is 1.26 bits per heavy atom. The fourth-order valence-electron chi connectivity index (χ4n) is 2.15. The van der Waals surface area contributed by atoms with Crippen molar-refractivity contribution in [3.63, 3.8) is 0 Å². The smallest absolute Gasteiger partial charge is 0.277 e. The number of halogens is 1. The maximum absolute atomic E-state index is 12.3. The molecule has 0 aliphatic heterocycles. The van der Waals surface area contributed by atoms with E-state index in [1.807, 2.05) is 24.3 Å². The second-order valence-electron chi connectivity index (χ2n) is 5.41. The van der Waals surface area contributed by atoms with E-state index in [-0.39, 0.29) is 16.8 Å². The number of non-ortho nitro benzene ring substituents is 1. The second-order valence-corrected chi connectivity index (χ2v) is 7.56. The van der Waals surface area contributed by atoms with Gasteiger partial charge in [0.1, 0.15) is 0 Å². The minimum Gasteiger partial charge on any atom is -0.411 e. The normalized spacial score (nSPS) is 11.8. The van der Waals surface area contributed by atoms with Gasteiger partial charge in [-0.15, -0.1) is 10.2 Å². The number of benzene rings is 2. The molecule has 0 bridgehead atoms. The molecule has 0 spiro atoms. The van der Waals surface area contributed by atoms with Crippen LogP contribution in [0.2, 0.25) is 0 Å². The number of thioether (sulfide) groups is 1. The summed E-state index contributed by atoms with van der Waals surface area (Å²) in [5, 5.41) is 21.1. The average molecular weight is 449 g/mol. The van der Waals surface area contributed by atoms with Crippen molar-refractivity contribution in [2.75, 3.05) is 5.32 Å². The molecule has 0 saturated carbocycles. The van der Waals surface area contributed by atoms with Gasteiger partial charge in [-0.3, -0.25) is 14.9 Å². The molecule has 3 rings (SSSR count). The van der Waals surface area contributed by atoms with Crippen molar-refractivity contribution in [2.24, 2.45) is 0 Å². The number of carbonyl (C=O) groups excluding carboxylic acids is 1. The molecule has 0 aliphatic carbocycles. The molecule has 1 unspecified atom stereocenters. The number of nitro groups is 1. The van der Waals surface area contributed by atoms with E-state index in [9.17, 15) is 14.9 Å². The van der Waals surface area contributed by atoms with E-state index < -0.39 is 10.2 Å². The van der Waals surface area contributed by atoms with Crippen molar-refractivity contribution in [1.29, 1.82) is 0 Å². The molecule has 1 atom stereocenters. The van der Waals surface area contributed by atoms with E-state index in [4.69, 9.17) is 4.42 Å². The lowest BCUT2D eigenvalue weighted by Crippen LogP contribution is -2.22. The number of hydrogen-bond acceptors (Lipinski definition) is 7. The van der Waals surface area contributed by atoms with Crippen LogP contribution < -0.4 is 5.32 Å². The first-order chi connectivity index (χ1) is 12.9. The molecule has 1 amide bonds. The Kier molecular flexibility index (Phi) is 5.87. The van der Waals surface area contributed by atoms with Crippen molar-refractivity contribution in [3.05, 3.63) is 63.1 Å². The molecular formula is C17H13BrN4O4S. The highest BCUT2D eigenvalue weighted by atomic mass is 79.9. The van der Waals surface area contributed by atoms with Crippen LogP contribution in [0.3, 0.4) is 0 Å². The number of hydrogen-bond donors (Lipinski definition) is 1. The number of nitrogens with one attached hydrogen (secondary N) is 1. The Morgan fingerprint density at radius 2 is 2.04 bits per heavy atom. The highest BCUT2D eigenvalue weighted by Gasteiger charge is 2.20. The first-order valence-corrected chi connectivity index (χ1v) is 9.41. The van der Waals surface area contributed by atoms with Gasteiger partial charge in [0.15, 0.2) is 0 Å². The fourth-order valence-corrected chi connectivity index (χ4v) is 3.28. The number of anilines is 1. The molecule has 0 aliphatic rings. The van der Waals surface area contributed by atoms with Gasteiger partial charge in [0.05, 0.1) is 15.7 Å². The molecule has 0 fully saturated rings. The summed E-state index contributed by atoms with van der Waals surface area (Å²) in [6, 6.07) is 13.2. The van der Waals surface area contributed by atoms with Crippen LogP contribution in [0.15, 0.2) is 62.6 Å².